The Bertz CT molecular complexity index is 740. The molecular weight excluding hydrogens is 198 g/mol. The Labute approximate surface area is 92.5 Å². The van der Waals surface area contributed by atoms with E-state index < -0.39 is 0 Å². The van der Waals surface area contributed by atoms with Crippen molar-refractivity contribution in [1.29, 1.82) is 0 Å². The Balaban J connectivity index is 2.65. The van der Waals surface area contributed by atoms with Crippen LogP contribution in [-0.4, -0.2) is 4.98 Å². The molecule has 0 aliphatic carbocycles. The summed E-state index contributed by atoms with van der Waals surface area (Å²) >= 11 is 0. The first kappa shape index (κ1) is 9.16. The third-order valence-electron chi connectivity index (χ3n) is 2.93. The summed E-state index contributed by atoms with van der Waals surface area (Å²) in [5, 5.41) is 4.52. The first-order valence-electron chi connectivity index (χ1n) is 5.27. The quantitative estimate of drug-likeness (QED) is 0.567. The molecule has 3 aromatic rings. The molecule has 0 atom stereocenters. The lowest BCUT2D eigenvalue weighted by Gasteiger charge is -2.05. The zero-order valence-electron chi connectivity index (χ0n) is 8.95. The van der Waals surface area contributed by atoms with E-state index in [2.05, 4.69) is 23.2 Å². The van der Waals surface area contributed by atoms with Gasteiger partial charge in [0, 0.05) is 17.1 Å². The molecule has 1 heterocycles. The lowest BCUT2D eigenvalue weighted by atomic mass is 10.0. The monoisotopic (exact) mass is 209 g/mol. The van der Waals surface area contributed by atoms with E-state index >= 15 is 0 Å². The van der Waals surface area contributed by atoms with E-state index in [1.807, 2.05) is 25.1 Å². The van der Waals surface area contributed by atoms with Crippen LogP contribution >= 0.6 is 0 Å². The van der Waals surface area contributed by atoms with E-state index in [9.17, 15) is 4.79 Å². The molecular formula is C14H11NO. The number of aromatic nitrogens is 1. The highest BCUT2D eigenvalue weighted by Gasteiger charge is 2.03. The summed E-state index contributed by atoms with van der Waals surface area (Å²) in [6.45, 7) is 1.94. The highest BCUT2D eigenvalue weighted by atomic mass is 16.1. The van der Waals surface area contributed by atoms with Crippen molar-refractivity contribution < 1.29 is 0 Å². The highest BCUT2D eigenvalue weighted by molar-refractivity contribution is 6.08. The minimum absolute atomic E-state index is 0.0414. The van der Waals surface area contributed by atoms with E-state index in [0.717, 1.165) is 16.5 Å². The maximum absolute atomic E-state index is 11.4. The zero-order chi connectivity index (χ0) is 11.1. The van der Waals surface area contributed by atoms with Gasteiger partial charge >= 0.3 is 0 Å². The Morgan fingerprint density at radius 1 is 1.00 bits per heavy atom. The third kappa shape index (κ3) is 1.23. The normalized spacial score (nSPS) is 11.1. The van der Waals surface area contributed by atoms with Gasteiger partial charge in [-0.1, -0.05) is 36.4 Å². The molecule has 1 aromatic heterocycles. The lowest BCUT2D eigenvalue weighted by Crippen LogP contribution is -2.05. The Hall–Kier alpha value is -2.09. The molecule has 0 spiro atoms. The van der Waals surface area contributed by atoms with Crippen molar-refractivity contribution >= 4 is 21.5 Å². The number of hydrogen-bond donors (Lipinski definition) is 1. The molecule has 0 unspecified atom stereocenters. The molecule has 0 amide bonds. The SMILES string of the molecule is Cc1[nH]c(=O)cc2ccc3ccccc3c12. The minimum Gasteiger partial charge on any atom is -0.326 e. The maximum Gasteiger partial charge on any atom is 0.248 e. The summed E-state index contributed by atoms with van der Waals surface area (Å²) in [5.74, 6) is 0. The largest absolute Gasteiger partial charge is 0.326 e. The molecule has 2 aromatic carbocycles. The summed E-state index contributed by atoms with van der Waals surface area (Å²) in [6, 6.07) is 13.9. The molecule has 2 nitrogen and oxygen atoms in total. The number of nitrogens with one attached hydrogen (secondary N) is 1. The zero-order valence-corrected chi connectivity index (χ0v) is 8.95. The van der Waals surface area contributed by atoms with E-state index in [1.165, 1.54) is 10.8 Å². The summed E-state index contributed by atoms with van der Waals surface area (Å²) in [5.41, 5.74) is 0.889. The standard InChI is InChI=1S/C14H11NO/c1-9-14-11(8-13(16)15-9)7-6-10-4-2-3-5-12(10)14/h2-8H,1H3,(H,15,16). The van der Waals surface area contributed by atoms with Crippen molar-refractivity contribution in [3.05, 3.63) is 58.5 Å². The first-order valence-corrected chi connectivity index (χ1v) is 5.27. The van der Waals surface area contributed by atoms with Crippen LogP contribution in [0.3, 0.4) is 0 Å². The van der Waals surface area contributed by atoms with Gasteiger partial charge in [-0.25, -0.2) is 0 Å². The molecule has 1 N–H and O–H groups in total. The van der Waals surface area contributed by atoms with Gasteiger partial charge in [0.15, 0.2) is 0 Å². The predicted molar refractivity (Wildman–Crippen MR) is 66.8 cm³/mol. The number of rotatable bonds is 0. The second-order valence-corrected chi connectivity index (χ2v) is 4.01. The molecule has 0 radical (unpaired) electrons. The van der Waals surface area contributed by atoms with Crippen LogP contribution in [-0.2, 0) is 0 Å². The summed E-state index contributed by atoms with van der Waals surface area (Å²) in [4.78, 5) is 14.2. The van der Waals surface area contributed by atoms with Gasteiger partial charge < -0.3 is 4.98 Å². The smallest absolute Gasteiger partial charge is 0.248 e. The first-order chi connectivity index (χ1) is 7.75. The minimum atomic E-state index is -0.0414. The van der Waals surface area contributed by atoms with Crippen molar-refractivity contribution in [3.8, 4) is 0 Å². The van der Waals surface area contributed by atoms with Crippen LogP contribution in [0.15, 0.2) is 47.3 Å². The fraction of sp³-hybridized carbons (Fsp3) is 0.0714. The number of hydrogen-bond acceptors (Lipinski definition) is 1. The second-order valence-electron chi connectivity index (χ2n) is 4.01. The number of H-pyrrole nitrogens is 1. The van der Waals surface area contributed by atoms with E-state index in [4.69, 9.17) is 0 Å². The van der Waals surface area contributed by atoms with Gasteiger partial charge in [-0.3, -0.25) is 4.79 Å². The van der Waals surface area contributed by atoms with Crippen LogP contribution in [0.25, 0.3) is 21.5 Å². The van der Waals surface area contributed by atoms with Crippen LogP contribution in [0.5, 0.6) is 0 Å². The molecule has 0 saturated heterocycles. The maximum atomic E-state index is 11.4. The number of aryl methyl sites for hydroxylation is 1. The fourth-order valence-electron chi connectivity index (χ4n) is 2.25. The molecule has 3 rings (SSSR count). The summed E-state index contributed by atoms with van der Waals surface area (Å²) in [6.07, 6.45) is 0. The number of fused-ring (bicyclic) bond motifs is 3. The number of aromatic amines is 1. The van der Waals surface area contributed by atoms with E-state index in [-0.39, 0.29) is 5.56 Å². The third-order valence-corrected chi connectivity index (χ3v) is 2.93. The van der Waals surface area contributed by atoms with Crippen LogP contribution in [0.4, 0.5) is 0 Å². The molecule has 0 aliphatic heterocycles. The topological polar surface area (TPSA) is 32.9 Å². The molecule has 16 heavy (non-hydrogen) atoms. The summed E-state index contributed by atoms with van der Waals surface area (Å²) < 4.78 is 0. The van der Waals surface area contributed by atoms with Crippen molar-refractivity contribution in [2.24, 2.45) is 0 Å². The van der Waals surface area contributed by atoms with Gasteiger partial charge in [0.1, 0.15) is 0 Å². The van der Waals surface area contributed by atoms with Gasteiger partial charge in [-0.15, -0.1) is 0 Å². The second kappa shape index (κ2) is 3.20. The van der Waals surface area contributed by atoms with Gasteiger partial charge in [-0.05, 0) is 23.1 Å². The van der Waals surface area contributed by atoms with Crippen LogP contribution in [0.2, 0.25) is 0 Å². The highest BCUT2D eigenvalue weighted by Crippen LogP contribution is 2.25. The summed E-state index contributed by atoms with van der Waals surface area (Å²) in [7, 11) is 0. The fourth-order valence-corrected chi connectivity index (χ4v) is 2.25. The molecule has 78 valence electrons. The molecule has 0 fully saturated rings. The predicted octanol–water partition coefficient (Wildman–Crippen LogP) is 2.99. The van der Waals surface area contributed by atoms with Crippen molar-refractivity contribution in [1.82, 2.24) is 4.98 Å². The van der Waals surface area contributed by atoms with Crippen molar-refractivity contribution in [2.75, 3.05) is 0 Å². The number of pyridine rings is 1. The lowest BCUT2D eigenvalue weighted by molar-refractivity contribution is 1.18. The average Bonchev–Trinajstić information content (AvgIpc) is 2.28. The van der Waals surface area contributed by atoms with E-state index in [0.29, 0.717) is 0 Å². The molecule has 0 bridgehead atoms. The van der Waals surface area contributed by atoms with Crippen molar-refractivity contribution in [2.45, 2.75) is 6.92 Å². The van der Waals surface area contributed by atoms with Crippen LogP contribution in [0.1, 0.15) is 5.69 Å². The Kier molecular flexibility index (Phi) is 1.83. The average molecular weight is 209 g/mol. The van der Waals surface area contributed by atoms with Gasteiger partial charge in [-0.2, -0.15) is 0 Å². The molecule has 0 saturated carbocycles. The van der Waals surface area contributed by atoms with Crippen LogP contribution in [0, 0.1) is 6.92 Å². The Morgan fingerprint density at radius 2 is 1.75 bits per heavy atom. The van der Waals surface area contributed by atoms with Gasteiger partial charge in [0.25, 0.3) is 0 Å². The molecule has 0 aliphatic rings. The van der Waals surface area contributed by atoms with E-state index in [1.54, 1.807) is 6.07 Å². The van der Waals surface area contributed by atoms with Crippen LogP contribution < -0.4 is 5.56 Å². The Morgan fingerprint density at radius 3 is 2.62 bits per heavy atom. The van der Waals surface area contributed by atoms with Gasteiger partial charge in [0.2, 0.25) is 5.56 Å². The molecule has 2 heteroatoms. The van der Waals surface area contributed by atoms with Crippen molar-refractivity contribution in [3.63, 3.8) is 0 Å². The van der Waals surface area contributed by atoms with Gasteiger partial charge in [0.05, 0.1) is 0 Å². The number of benzene rings is 2.